The first-order chi connectivity index (χ1) is 11.9. The molecule has 0 saturated carbocycles. The fourth-order valence-electron chi connectivity index (χ4n) is 2.61. The summed E-state index contributed by atoms with van der Waals surface area (Å²) in [7, 11) is 0. The molecule has 1 aliphatic heterocycles. The quantitative estimate of drug-likeness (QED) is 0.792. The van der Waals surface area contributed by atoms with Gasteiger partial charge in [-0.2, -0.15) is 0 Å². The molecule has 0 spiro atoms. The van der Waals surface area contributed by atoms with Crippen LogP contribution in [0.5, 0.6) is 0 Å². The molecule has 3 rings (SSSR count). The average molecular weight is 409 g/mol. The third-order valence-electron chi connectivity index (χ3n) is 4.04. The average Bonchev–Trinajstić information content (AvgIpc) is 3.00. The number of alkyl carbamates (subject to hydrolysis) is 1. The van der Waals surface area contributed by atoms with E-state index in [1.807, 2.05) is 0 Å². The molecule has 0 aliphatic carbocycles. The number of amides is 2. The van der Waals surface area contributed by atoms with Crippen LogP contribution >= 0.6 is 15.9 Å². The lowest BCUT2D eigenvalue weighted by Crippen LogP contribution is -2.38. The summed E-state index contributed by atoms with van der Waals surface area (Å²) in [5, 5.41) is 5.36. The molecule has 25 heavy (non-hydrogen) atoms. The molecule has 1 saturated heterocycles. The summed E-state index contributed by atoms with van der Waals surface area (Å²) in [5.41, 5.74) is 1.10. The fourth-order valence-corrected chi connectivity index (χ4v) is 2.93. The number of carbonyl (C=O) groups excluding carboxylic acids is 2. The van der Waals surface area contributed by atoms with Gasteiger partial charge in [0.05, 0.1) is 5.69 Å². The van der Waals surface area contributed by atoms with Gasteiger partial charge in [-0.15, -0.1) is 0 Å². The number of pyridine rings is 1. The Morgan fingerprint density at radius 1 is 1.52 bits per heavy atom. The molecule has 9 heteroatoms. The molecule has 1 aliphatic rings. The maximum atomic E-state index is 12.3. The zero-order valence-corrected chi connectivity index (χ0v) is 15.1. The van der Waals surface area contributed by atoms with Crippen molar-refractivity contribution >= 4 is 33.6 Å². The smallest absolute Gasteiger partial charge is 0.407 e. The molecule has 132 valence electrons. The molecule has 2 aromatic rings. The third kappa shape index (κ3) is 3.98. The van der Waals surface area contributed by atoms with E-state index in [-0.39, 0.29) is 24.1 Å². The molecule has 2 aromatic heterocycles. The number of ether oxygens (including phenoxy) is 1. The minimum atomic E-state index is -0.614. The van der Waals surface area contributed by atoms with Crippen molar-refractivity contribution in [1.29, 1.82) is 0 Å². The van der Waals surface area contributed by atoms with Crippen LogP contribution < -0.4 is 16.2 Å². The van der Waals surface area contributed by atoms with Crippen LogP contribution in [-0.2, 0) is 16.1 Å². The number of nitrogens with one attached hydrogen (secondary N) is 2. The highest BCUT2D eigenvalue weighted by molar-refractivity contribution is 9.10. The number of fused-ring (bicyclic) bond motifs is 1. The molecule has 2 N–H and O–H groups in total. The first kappa shape index (κ1) is 17.4. The van der Waals surface area contributed by atoms with E-state index >= 15 is 0 Å². The predicted octanol–water partition coefficient (Wildman–Crippen LogP) is 1.27. The van der Waals surface area contributed by atoms with E-state index in [9.17, 15) is 14.4 Å². The van der Waals surface area contributed by atoms with Crippen molar-refractivity contribution < 1.29 is 14.3 Å². The molecule has 1 atom stereocenters. The summed E-state index contributed by atoms with van der Waals surface area (Å²) in [4.78, 5) is 39.6. The lowest BCUT2D eigenvalue weighted by atomic mass is 10.2. The third-order valence-corrected chi connectivity index (χ3v) is 4.53. The van der Waals surface area contributed by atoms with Gasteiger partial charge in [0.15, 0.2) is 0 Å². The van der Waals surface area contributed by atoms with Crippen LogP contribution in [0.15, 0.2) is 27.6 Å². The lowest BCUT2D eigenvalue weighted by molar-refractivity contribution is -0.119. The van der Waals surface area contributed by atoms with Crippen LogP contribution in [-0.4, -0.2) is 34.0 Å². The zero-order valence-electron chi connectivity index (χ0n) is 13.5. The van der Waals surface area contributed by atoms with Crippen LogP contribution in [0.2, 0.25) is 0 Å². The SMILES string of the molecule is Cc1c(COC(=O)NCC2CCC(=O)N2)nc2cc(Br)ccn2c1=O. The van der Waals surface area contributed by atoms with Crippen LogP contribution in [0.4, 0.5) is 4.79 Å². The fraction of sp³-hybridized carbons (Fsp3) is 0.375. The van der Waals surface area contributed by atoms with E-state index in [1.165, 1.54) is 4.40 Å². The lowest BCUT2D eigenvalue weighted by Gasteiger charge is -2.12. The van der Waals surface area contributed by atoms with E-state index in [4.69, 9.17) is 4.74 Å². The van der Waals surface area contributed by atoms with Crippen LogP contribution in [0.1, 0.15) is 24.1 Å². The summed E-state index contributed by atoms with van der Waals surface area (Å²) >= 11 is 3.34. The number of rotatable bonds is 4. The molecule has 1 fully saturated rings. The van der Waals surface area contributed by atoms with Crippen molar-refractivity contribution in [3.8, 4) is 0 Å². The van der Waals surface area contributed by atoms with E-state index in [2.05, 4.69) is 31.5 Å². The van der Waals surface area contributed by atoms with Crippen LogP contribution in [0.3, 0.4) is 0 Å². The molecule has 2 amide bonds. The molecule has 8 nitrogen and oxygen atoms in total. The second-order valence-electron chi connectivity index (χ2n) is 5.82. The number of halogens is 1. The normalized spacial score (nSPS) is 16.7. The second kappa shape index (κ2) is 7.22. The molecular weight excluding hydrogens is 392 g/mol. The van der Waals surface area contributed by atoms with Crippen molar-refractivity contribution in [3.63, 3.8) is 0 Å². The van der Waals surface area contributed by atoms with Crippen molar-refractivity contribution in [2.24, 2.45) is 0 Å². The summed E-state index contributed by atoms with van der Waals surface area (Å²) < 4.78 is 7.38. The Balaban J connectivity index is 1.64. The van der Waals surface area contributed by atoms with Gasteiger partial charge in [-0.1, -0.05) is 15.9 Å². The van der Waals surface area contributed by atoms with Crippen molar-refractivity contribution in [1.82, 2.24) is 20.0 Å². The molecular formula is C16H17BrN4O4. The Morgan fingerprint density at radius 2 is 2.32 bits per heavy atom. The van der Waals surface area contributed by atoms with Crippen molar-refractivity contribution in [3.05, 3.63) is 44.4 Å². The number of hydrogen-bond donors (Lipinski definition) is 2. The standard InChI is InChI=1S/C16H17BrN4O4/c1-9-12(20-13-6-10(17)4-5-21(13)15(9)23)8-25-16(24)18-7-11-2-3-14(22)19-11/h4-6,11H,2-3,7-8H2,1H3,(H,18,24)(H,19,22). The van der Waals surface area contributed by atoms with Gasteiger partial charge in [0.25, 0.3) is 5.56 Å². The van der Waals surface area contributed by atoms with Crippen LogP contribution in [0.25, 0.3) is 5.65 Å². The predicted molar refractivity (Wildman–Crippen MR) is 93.3 cm³/mol. The van der Waals surface area contributed by atoms with Gasteiger partial charge in [0.1, 0.15) is 12.3 Å². The van der Waals surface area contributed by atoms with E-state index < -0.39 is 6.09 Å². The zero-order chi connectivity index (χ0) is 18.0. The maximum absolute atomic E-state index is 12.3. The van der Waals surface area contributed by atoms with Crippen molar-refractivity contribution in [2.45, 2.75) is 32.4 Å². The van der Waals surface area contributed by atoms with Crippen LogP contribution in [0, 0.1) is 6.92 Å². The second-order valence-corrected chi connectivity index (χ2v) is 6.74. The Morgan fingerprint density at radius 3 is 3.04 bits per heavy atom. The minimum absolute atomic E-state index is 0.0113. The summed E-state index contributed by atoms with van der Waals surface area (Å²) in [6.45, 7) is 1.85. The highest BCUT2D eigenvalue weighted by Crippen LogP contribution is 2.12. The Labute approximate surface area is 151 Å². The summed E-state index contributed by atoms with van der Waals surface area (Å²) in [6.07, 6.45) is 2.18. The first-order valence-electron chi connectivity index (χ1n) is 7.81. The number of nitrogens with zero attached hydrogens (tertiary/aromatic N) is 2. The highest BCUT2D eigenvalue weighted by atomic mass is 79.9. The van der Waals surface area contributed by atoms with E-state index in [0.717, 1.165) is 4.47 Å². The Kier molecular flexibility index (Phi) is 5.03. The first-order valence-corrected chi connectivity index (χ1v) is 8.60. The maximum Gasteiger partial charge on any atom is 0.407 e. The van der Waals surface area contributed by atoms with E-state index in [0.29, 0.717) is 36.3 Å². The van der Waals surface area contributed by atoms with Gasteiger partial charge in [-0.05, 0) is 25.5 Å². The molecule has 0 bridgehead atoms. The van der Waals surface area contributed by atoms with Crippen molar-refractivity contribution in [2.75, 3.05) is 6.54 Å². The minimum Gasteiger partial charge on any atom is -0.443 e. The molecule has 1 unspecified atom stereocenters. The van der Waals surface area contributed by atoms with Gasteiger partial charge in [-0.25, -0.2) is 9.78 Å². The topological polar surface area (TPSA) is 102 Å². The molecule has 3 heterocycles. The largest absolute Gasteiger partial charge is 0.443 e. The van der Waals surface area contributed by atoms with Gasteiger partial charge in [0, 0.05) is 35.2 Å². The van der Waals surface area contributed by atoms with E-state index in [1.54, 1.807) is 25.3 Å². The monoisotopic (exact) mass is 408 g/mol. The number of hydrogen-bond acceptors (Lipinski definition) is 5. The number of carbonyl (C=O) groups is 2. The van der Waals surface area contributed by atoms with Gasteiger partial charge in [-0.3, -0.25) is 14.0 Å². The molecule has 0 aromatic carbocycles. The Hall–Kier alpha value is -2.42. The van der Waals surface area contributed by atoms with Gasteiger partial charge < -0.3 is 15.4 Å². The highest BCUT2D eigenvalue weighted by Gasteiger charge is 2.21. The summed E-state index contributed by atoms with van der Waals surface area (Å²) in [6, 6.07) is 3.40. The van der Waals surface area contributed by atoms with Gasteiger partial charge in [0.2, 0.25) is 5.91 Å². The molecule has 0 radical (unpaired) electrons. The Bertz CT molecular complexity index is 896. The number of aromatic nitrogens is 2. The summed E-state index contributed by atoms with van der Waals surface area (Å²) in [5.74, 6) is -0.0113. The van der Waals surface area contributed by atoms with Gasteiger partial charge >= 0.3 is 6.09 Å².